The van der Waals surface area contributed by atoms with Crippen LogP contribution in [0.4, 0.5) is 0 Å². The van der Waals surface area contributed by atoms with Crippen LogP contribution in [-0.4, -0.2) is 10.2 Å². The number of halogens is 1. The van der Waals surface area contributed by atoms with E-state index in [1.165, 1.54) is 26.5 Å². The van der Waals surface area contributed by atoms with Crippen molar-refractivity contribution in [1.82, 2.24) is 0 Å². The highest BCUT2D eigenvalue weighted by atomic mass is 79.9. The van der Waals surface area contributed by atoms with Crippen molar-refractivity contribution in [3.63, 3.8) is 0 Å². The summed E-state index contributed by atoms with van der Waals surface area (Å²) in [6.07, 6.45) is 3.24. The van der Waals surface area contributed by atoms with Gasteiger partial charge in [0.05, 0.1) is 0 Å². The number of hydrogen-bond acceptors (Lipinski definition) is 4. The quantitative estimate of drug-likeness (QED) is 0.177. The maximum atomic E-state index is 13.2. The summed E-state index contributed by atoms with van der Waals surface area (Å²) >= 11 is 7.32. The first-order valence-corrected chi connectivity index (χ1v) is 19.6. The molecule has 0 radical (unpaired) electrons. The maximum absolute atomic E-state index is 13.2. The SMILES string of the molecule is OC1(c2cccc(-c3ccc(-c4ccccc4)s3)c2)c2ccccc2C(O)(c2cccc(C3CC=C(c4ccccc4)S3)c2)c2cc(Br)ccc21. The molecule has 5 heteroatoms. The number of rotatable bonds is 6. The van der Waals surface area contributed by atoms with Gasteiger partial charge in [-0.3, -0.25) is 0 Å². The molecule has 6 aromatic carbocycles. The van der Waals surface area contributed by atoms with Crippen molar-refractivity contribution in [3.8, 4) is 20.9 Å². The standard InChI is InChI=1S/C46H33BrO2S2/c47-36-21-22-39-40(29-36)46(49,35-18-10-16-33(28-35)44-26-24-42(51-44)31-13-5-2-6-14-31)38-20-8-7-19-37(38)45(39,48)34-17-9-15-32(27-34)43-25-23-41(50-43)30-11-3-1-4-12-30/h1-25,27-29,44,48-49H,26H2. The summed E-state index contributed by atoms with van der Waals surface area (Å²) in [7, 11) is 0. The average molecular weight is 762 g/mol. The van der Waals surface area contributed by atoms with Crippen molar-refractivity contribution in [2.45, 2.75) is 22.9 Å². The Balaban J connectivity index is 1.15. The zero-order valence-corrected chi connectivity index (χ0v) is 30.8. The van der Waals surface area contributed by atoms with Gasteiger partial charge in [-0.15, -0.1) is 23.1 Å². The Morgan fingerprint density at radius 2 is 1.08 bits per heavy atom. The molecule has 2 N–H and O–H groups in total. The lowest BCUT2D eigenvalue weighted by Gasteiger charge is -2.45. The molecule has 51 heavy (non-hydrogen) atoms. The highest BCUT2D eigenvalue weighted by Crippen LogP contribution is 2.55. The molecular weight excluding hydrogens is 729 g/mol. The van der Waals surface area contributed by atoms with Crippen LogP contribution in [0.3, 0.4) is 0 Å². The maximum Gasteiger partial charge on any atom is 0.141 e. The van der Waals surface area contributed by atoms with Crippen LogP contribution in [0.5, 0.6) is 0 Å². The third-order valence-corrected chi connectivity index (χ3v) is 13.3. The van der Waals surface area contributed by atoms with E-state index in [1.54, 1.807) is 11.3 Å². The van der Waals surface area contributed by atoms with E-state index in [1.807, 2.05) is 84.6 Å². The highest BCUT2D eigenvalue weighted by molar-refractivity contribution is 9.10. The van der Waals surface area contributed by atoms with Crippen LogP contribution in [0.1, 0.15) is 56.2 Å². The lowest BCUT2D eigenvalue weighted by Crippen LogP contribution is -2.44. The molecule has 0 amide bonds. The number of fused-ring (bicyclic) bond motifs is 2. The summed E-state index contributed by atoms with van der Waals surface area (Å²) < 4.78 is 0.835. The van der Waals surface area contributed by atoms with Crippen LogP contribution in [0.2, 0.25) is 0 Å². The molecule has 9 rings (SSSR count). The van der Waals surface area contributed by atoms with Crippen molar-refractivity contribution < 1.29 is 10.2 Å². The smallest absolute Gasteiger partial charge is 0.141 e. The van der Waals surface area contributed by atoms with Crippen LogP contribution in [0.15, 0.2) is 174 Å². The predicted octanol–water partition coefficient (Wildman–Crippen LogP) is 11.9. The molecule has 2 heterocycles. The molecular formula is C46H33BrO2S2. The summed E-state index contributed by atoms with van der Waals surface area (Å²) in [5.74, 6) is 0. The van der Waals surface area contributed by atoms with Crippen LogP contribution in [0.25, 0.3) is 25.8 Å². The summed E-state index contributed by atoms with van der Waals surface area (Å²) in [6.45, 7) is 0. The number of hydrogen-bond donors (Lipinski definition) is 2. The van der Waals surface area contributed by atoms with Gasteiger partial charge in [-0.05, 0) is 86.8 Å². The van der Waals surface area contributed by atoms with Gasteiger partial charge in [0.15, 0.2) is 0 Å². The van der Waals surface area contributed by atoms with Crippen molar-refractivity contribution >= 4 is 43.9 Å². The van der Waals surface area contributed by atoms with E-state index in [2.05, 4.69) is 113 Å². The molecule has 3 unspecified atom stereocenters. The molecule has 0 saturated carbocycles. The molecule has 1 aliphatic heterocycles. The molecule has 1 aromatic heterocycles. The van der Waals surface area contributed by atoms with Gasteiger partial charge in [-0.2, -0.15) is 0 Å². The molecule has 1 aliphatic carbocycles. The van der Waals surface area contributed by atoms with E-state index < -0.39 is 11.2 Å². The third-order valence-electron chi connectivity index (χ3n) is 10.2. The minimum absolute atomic E-state index is 0.240. The minimum atomic E-state index is -1.51. The normalized spacial score (nSPS) is 20.8. The first-order valence-electron chi connectivity index (χ1n) is 17.1. The summed E-state index contributed by atoms with van der Waals surface area (Å²) in [4.78, 5) is 3.61. The number of thioether (sulfide) groups is 1. The predicted molar refractivity (Wildman–Crippen MR) is 216 cm³/mol. The van der Waals surface area contributed by atoms with Gasteiger partial charge in [-0.25, -0.2) is 0 Å². The lowest BCUT2D eigenvalue weighted by atomic mass is 9.63. The van der Waals surface area contributed by atoms with Gasteiger partial charge in [0, 0.05) is 29.9 Å². The third kappa shape index (κ3) is 5.47. The molecule has 0 saturated heterocycles. The van der Waals surface area contributed by atoms with Crippen molar-refractivity contribution in [3.05, 3.63) is 219 Å². The first-order chi connectivity index (χ1) is 24.9. The van der Waals surface area contributed by atoms with Gasteiger partial charge in [0.25, 0.3) is 0 Å². The number of allylic oxidation sites excluding steroid dienone is 1. The average Bonchev–Trinajstić information content (AvgIpc) is 3.90. The highest BCUT2D eigenvalue weighted by Gasteiger charge is 2.51. The Morgan fingerprint density at radius 3 is 1.80 bits per heavy atom. The molecule has 248 valence electrons. The Kier molecular flexibility index (Phi) is 8.22. The molecule has 0 bridgehead atoms. The zero-order chi connectivity index (χ0) is 34.6. The summed E-state index contributed by atoms with van der Waals surface area (Å²) in [5, 5.41) is 26.7. The minimum Gasteiger partial charge on any atom is -0.376 e. The zero-order valence-electron chi connectivity index (χ0n) is 27.5. The summed E-state index contributed by atoms with van der Waals surface area (Å²) in [5.41, 5.74) is 5.80. The second-order valence-corrected chi connectivity index (χ2v) is 16.4. The van der Waals surface area contributed by atoms with E-state index in [-0.39, 0.29) is 5.25 Å². The summed E-state index contributed by atoms with van der Waals surface area (Å²) in [6, 6.07) is 55.6. The van der Waals surface area contributed by atoms with E-state index in [0.717, 1.165) is 32.5 Å². The van der Waals surface area contributed by atoms with Crippen LogP contribution >= 0.6 is 39.0 Å². The molecule has 2 nitrogen and oxygen atoms in total. The van der Waals surface area contributed by atoms with Gasteiger partial charge >= 0.3 is 0 Å². The first kappa shape index (κ1) is 32.4. The fourth-order valence-electron chi connectivity index (χ4n) is 7.73. The van der Waals surface area contributed by atoms with Gasteiger partial charge in [0.1, 0.15) is 11.2 Å². The Hall–Kier alpha value is -4.49. The number of aliphatic hydroxyl groups is 2. The molecule has 3 atom stereocenters. The second kappa shape index (κ2) is 12.9. The van der Waals surface area contributed by atoms with Crippen LogP contribution in [0, 0.1) is 0 Å². The van der Waals surface area contributed by atoms with E-state index in [4.69, 9.17) is 0 Å². The lowest BCUT2D eigenvalue weighted by molar-refractivity contribution is 0.0747. The molecule has 7 aromatic rings. The van der Waals surface area contributed by atoms with Crippen molar-refractivity contribution in [2.75, 3.05) is 0 Å². The molecule has 2 aliphatic rings. The van der Waals surface area contributed by atoms with E-state index in [0.29, 0.717) is 22.3 Å². The molecule has 0 spiro atoms. The topological polar surface area (TPSA) is 40.5 Å². The van der Waals surface area contributed by atoms with E-state index in [9.17, 15) is 10.2 Å². The Labute approximate surface area is 314 Å². The van der Waals surface area contributed by atoms with Crippen molar-refractivity contribution in [1.29, 1.82) is 0 Å². The fraction of sp³-hybridized carbons (Fsp3) is 0.0870. The monoisotopic (exact) mass is 760 g/mol. The second-order valence-electron chi connectivity index (χ2n) is 13.2. The van der Waals surface area contributed by atoms with E-state index >= 15 is 0 Å². The van der Waals surface area contributed by atoms with Crippen LogP contribution in [-0.2, 0) is 11.2 Å². The van der Waals surface area contributed by atoms with Gasteiger partial charge < -0.3 is 10.2 Å². The van der Waals surface area contributed by atoms with Gasteiger partial charge in [0.2, 0.25) is 0 Å². The van der Waals surface area contributed by atoms with Gasteiger partial charge in [-0.1, -0.05) is 155 Å². The number of thiophene rings is 1. The number of benzene rings is 6. The fourth-order valence-corrected chi connectivity index (χ4v) is 10.3. The van der Waals surface area contributed by atoms with Crippen LogP contribution < -0.4 is 0 Å². The van der Waals surface area contributed by atoms with Crippen molar-refractivity contribution in [2.24, 2.45) is 0 Å². The Morgan fingerprint density at radius 1 is 0.510 bits per heavy atom. The molecule has 0 fully saturated rings. The largest absolute Gasteiger partial charge is 0.376 e. The Bertz CT molecular complexity index is 2440.